The van der Waals surface area contributed by atoms with Gasteiger partial charge in [0.2, 0.25) is 0 Å². The van der Waals surface area contributed by atoms with Crippen LogP contribution in [0.4, 0.5) is 0 Å². The first-order valence-corrected chi connectivity index (χ1v) is 11.2. The van der Waals surface area contributed by atoms with Crippen LogP contribution >= 0.6 is 0 Å². The lowest BCUT2D eigenvalue weighted by Crippen LogP contribution is -2.31. The van der Waals surface area contributed by atoms with Gasteiger partial charge in [-0.25, -0.2) is 0 Å². The summed E-state index contributed by atoms with van der Waals surface area (Å²) in [7, 11) is 0. The van der Waals surface area contributed by atoms with Gasteiger partial charge < -0.3 is 24.6 Å². The maximum atomic E-state index is 13.4. The third-order valence-corrected chi connectivity index (χ3v) is 5.62. The number of nitrogens with one attached hydrogen (secondary N) is 1. The van der Waals surface area contributed by atoms with Gasteiger partial charge in [-0.3, -0.25) is 9.89 Å². The lowest BCUT2D eigenvalue weighted by Gasteiger charge is -2.27. The van der Waals surface area contributed by atoms with Gasteiger partial charge in [0.05, 0.1) is 18.8 Å². The smallest absolute Gasteiger partial charge is 0.273 e. The number of aromatic nitrogens is 2. The van der Waals surface area contributed by atoms with Gasteiger partial charge in [0.25, 0.3) is 5.91 Å². The number of rotatable bonds is 9. The second kappa shape index (κ2) is 9.54. The second-order valence-electron chi connectivity index (χ2n) is 8.21. The number of nitrogens with zero attached hydrogens (tertiary/aromatic N) is 2. The lowest BCUT2D eigenvalue weighted by atomic mass is 9.95. The zero-order valence-corrected chi connectivity index (χ0v) is 19.0. The predicted octanol–water partition coefficient (Wildman–Crippen LogP) is 4.25. The maximum absolute atomic E-state index is 13.4. The van der Waals surface area contributed by atoms with Crippen molar-refractivity contribution in [2.45, 2.75) is 39.3 Å². The Morgan fingerprint density at radius 1 is 1.15 bits per heavy atom. The minimum Gasteiger partial charge on any atom is -0.507 e. The molecule has 1 atom stereocenters. The van der Waals surface area contributed by atoms with E-state index in [-0.39, 0.29) is 23.5 Å². The molecule has 0 spiro atoms. The Labute approximate surface area is 192 Å². The van der Waals surface area contributed by atoms with Crippen molar-refractivity contribution in [2.24, 2.45) is 0 Å². The van der Waals surface area contributed by atoms with E-state index >= 15 is 0 Å². The molecule has 2 aromatic carbocycles. The van der Waals surface area contributed by atoms with E-state index in [9.17, 15) is 15.0 Å². The summed E-state index contributed by atoms with van der Waals surface area (Å²) in [5, 5.41) is 27.9. The number of amides is 1. The number of hydrogen-bond acceptors (Lipinski definition) is 6. The molecule has 1 aliphatic heterocycles. The van der Waals surface area contributed by atoms with Crippen molar-refractivity contribution in [3.05, 3.63) is 59.3 Å². The van der Waals surface area contributed by atoms with Crippen molar-refractivity contribution in [1.82, 2.24) is 15.1 Å². The molecule has 3 N–H and O–H groups in total. The molecule has 8 heteroatoms. The fourth-order valence-corrected chi connectivity index (χ4v) is 4.18. The van der Waals surface area contributed by atoms with Crippen LogP contribution in [0.15, 0.2) is 42.5 Å². The van der Waals surface area contributed by atoms with Crippen LogP contribution in [0.3, 0.4) is 0 Å². The number of phenolic OH excluding ortho intramolecular Hbond substituents is 2. The first kappa shape index (κ1) is 22.7. The Morgan fingerprint density at radius 2 is 1.94 bits per heavy atom. The molecule has 33 heavy (non-hydrogen) atoms. The number of aromatic amines is 1. The molecule has 0 radical (unpaired) electrons. The van der Waals surface area contributed by atoms with Gasteiger partial charge in [-0.15, -0.1) is 0 Å². The molecular weight excluding hydrogens is 422 g/mol. The SMILES string of the molecule is CCOc1cc(C2c3c(-c4ccccc4O)n[nH]c3C(=O)N2CCCOC(C)C)ccc1O. The predicted molar refractivity (Wildman–Crippen MR) is 124 cm³/mol. The summed E-state index contributed by atoms with van der Waals surface area (Å²) in [5.41, 5.74) is 2.94. The molecule has 0 bridgehead atoms. The summed E-state index contributed by atoms with van der Waals surface area (Å²) in [6, 6.07) is 11.6. The summed E-state index contributed by atoms with van der Waals surface area (Å²) in [5.74, 6) is 0.309. The quantitative estimate of drug-likeness (QED) is 0.420. The lowest BCUT2D eigenvalue weighted by molar-refractivity contribution is 0.0601. The van der Waals surface area contributed by atoms with E-state index in [0.29, 0.717) is 54.4 Å². The van der Waals surface area contributed by atoms with Crippen molar-refractivity contribution < 1.29 is 24.5 Å². The van der Waals surface area contributed by atoms with E-state index in [1.807, 2.05) is 26.8 Å². The summed E-state index contributed by atoms with van der Waals surface area (Å²) in [6.07, 6.45) is 0.783. The number of hydrogen-bond donors (Lipinski definition) is 3. The van der Waals surface area contributed by atoms with Gasteiger partial charge in [0.1, 0.15) is 17.1 Å². The minimum absolute atomic E-state index is 0.0372. The molecule has 174 valence electrons. The highest BCUT2D eigenvalue weighted by atomic mass is 16.5. The highest BCUT2D eigenvalue weighted by Crippen LogP contribution is 2.45. The number of fused-ring (bicyclic) bond motifs is 1. The maximum Gasteiger partial charge on any atom is 0.273 e. The average Bonchev–Trinajstić information content (AvgIpc) is 3.32. The number of phenols is 2. The van der Waals surface area contributed by atoms with Crippen LogP contribution in [0.25, 0.3) is 11.3 Å². The van der Waals surface area contributed by atoms with Crippen LogP contribution in [0.1, 0.15) is 54.8 Å². The molecule has 0 saturated carbocycles. The molecule has 8 nitrogen and oxygen atoms in total. The van der Waals surface area contributed by atoms with Crippen LogP contribution in [0.5, 0.6) is 17.2 Å². The fraction of sp³-hybridized carbons (Fsp3) is 0.360. The largest absolute Gasteiger partial charge is 0.507 e. The molecule has 0 aliphatic carbocycles. The first-order chi connectivity index (χ1) is 15.9. The summed E-state index contributed by atoms with van der Waals surface area (Å²) in [4.78, 5) is 15.2. The summed E-state index contributed by atoms with van der Waals surface area (Å²) in [6.45, 7) is 7.21. The fourth-order valence-electron chi connectivity index (χ4n) is 4.18. The third-order valence-electron chi connectivity index (χ3n) is 5.62. The molecule has 0 fully saturated rings. The Morgan fingerprint density at radius 3 is 2.67 bits per heavy atom. The van der Waals surface area contributed by atoms with Crippen LogP contribution in [-0.2, 0) is 4.74 Å². The molecule has 1 unspecified atom stereocenters. The van der Waals surface area contributed by atoms with Crippen molar-refractivity contribution in [1.29, 1.82) is 0 Å². The van der Waals surface area contributed by atoms with Crippen LogP contribution < -0.4 is 4.74 Å². The molecule has 1 amide bonds. The minimum atomic E-state index is -0.459. The first-order valence-electron chi connectivity index (χ1n) is 11.2. The number of ether oxygens (including phenoxy) is 2. The molecule has 2 heterocycles. The van der Waals surface area contributed by atoms with E-state index in [4.69, 9.17) is 9.47 Å². The standard InChI is InChI=1S/C25H29N3O5/c1-4-32-20-14-16(10-11-19(20)30)24-21-22(17-8-5-6-9-18(17)29)26-27-23(21)25(31)28(24)12-7-13-33-15(2)3/h5-6,8-11,14-15,24,29-30H,4,7,12-13H2,1-3H3,(H,26,27). The molecule has 3 aromatic rings. The van der Waals surface area contributed by atoms with Crippen molar-refractivity contribution >= 4 is 5.91 Å². The number of aromatic hydroxyl groups is 2. The molecule has 1 aromatic heterocycles. The zero-order valence-electron chi connectivity index (χ0n) is 19.0. The van der Waals surface area contributed by atoms with E-state index in [0.717, 1.165) is 5.56 Å². The van der Waals surface area contributed by atoms with E-state index in [1.165, 1.54) is 0 Å². The average molecular weight is 452 g/mol. The van der Waals surface area contributed by atoms with Gasteiger partial charge >= 0.3 is 0 Å². The topological polar surface area (TPSA) is 108 Å². The van der Waals surface area contributed by atoms with Gasteiger partial charge in [0.15, 0.2) is 11.5 Å². The Kier molecular flexibility index (Phi) is 6.55. The van der Waals surface area contributed by atoms with Crippen LogP contribution in [0.2, 0.25) is 0 Å². The zero-order chi connectivity index (χ0) is 23.5. The molecule has 1 aliphatic rings. The normalized spacial score (nSPS) is 15.3. The van der Waals surface area contributed by atoms with Gasteiger partial charge in [0, 0.05) is 24.3 Å². The van der Waals surface area contributed by atoms with Gasteiger partial charge in [-0.2, -0.15) is 5.10 Å². The van der Waals surface area contributed by atoms with E-state index in [2.05, 4.69) is 10.2 Å². The summed E-state index contributed by atoms with van der Waals surface area (Å²) < 4.78 is 11.3. The molecule has 0 saturated heterocycles. The molecule has 4 rings (SSSR count). The number of H-pyrrole nitrogens is 1. The van der Waals surface area contributed by atoms with E-state index in [1.54, 1.807) is 41.3 Å². The highest BCUT2D eigenvalue weighted by molar-refractivity contribution is 6.00. The van der Waals surface area contributed by atoms with Crippen molar-refractivity contribution in [3.8, 4) is 28.5 Å². The molecular formula is C25H29N3O5. The number of carbonyl (C=O) groups is 1. The monoisotopic (exact) mass is 451 g/mol. The Bertz CT molecular complexity index is 1140. The highest BCUT2D eigenvalue weighted by Gasteiger charge is 2.42. The summed E-state index contributed by atoms with van der Waals surface area (Å²) >= 11 is 0. The van der Waals surface area contributed by atoms with Crippen LogP contribution in [-0.4, -0.2) is 57.1 Å². The number of benzene rings is 2. The Hall–Kier alpha value is -3.52. The second-order valence-corrected chi connectivity index (χ2v) is 8.21. The number of para-hydroxylation sites is 1. The van der Waals surface area contributed by atoms with Gasteiger partial charge in [-0.05, 0) is 57.0 Å². The van der Waals surface area contributed by atoms with Gasteiger partial charge in [-0.1, -0.05) is 18.2 Å². The third kappa shape index (κ3) is 4.39. The van der Waals surface area contributed by atoms with Crippen molar-refractivity contribution in [3.63, 3.8) is 0 Å². The number of carbonyl (C=O) groups excluding carboxylic acids is 1. The van der Waals surface area contributed by atoms with Crippen LogP contribution in [0, 0.1) is 0 Å². The van der Waals surface area contributed by atoms with E-state index < -0.39 is 6.04 Å². The van der Waals surface area contributed by atoms with Crippen molar-refractivity contribution in [2.75, 3.05) is 19.8 Å². The Balaban J connectivity index is 1.78.